The second kappa shape index (κ2) is 5.02. The van der Waals surface area contributed by atoms with Gasteiger partial charge in [-0.25, -0.2) is 0 Å². The Morgan fingerprint density at radius 2 is 1.87 bits per heavy atom. The predicted molar refractivity (Wildman–Crippen MR) is 66.5 cm³/mol. The fourth-order valence-corrected chi connectivity index (χ4v) is 2.09. The molecule has 1 aliphatic rings. The molecular formula is C12H13Cl2N. The summed E-state index contributed by atoms with van der Waals surface area (Å²) in [6.45, 7) is 2.12. The van der Waals surface area contributed by atoms with Crippen molar-refractivity contribution in [1.82, 2.24) is 5.32 Å². The number of piperidine rings is 1. The van der Waals surface area contributed by atoms with Crippen LogP contribution in [0.15, 0.2) is 23.8 Å². The standard InChI is InChI=1S/C12H13Cl2N/c13-11-1-2-12(14)10(8-11)7-9-3-5-15-6-4-9/h1-2,7-8,15H,3-6H2. The topological polar surface area (TPSA) is 12.0 Å². The lowest BCUT2D eigenvalue weighted by Crippen LogP contribution is -2.22. The summed E-state index contributed by atoms with van der Waals surface area (Å²) in [5.74, 6) is 0. The molecule has 1 heterocycles. The van der Waals surface area contributed by atoms with E-state index in [1.54, 1.807) is 0 Å². The normalized spacial score (nSPS) is 16.5. The van der Waals surface area contributed by atoms with E-state index in [0.29, 0.717) is 0 Å². The monoisotopic (exact) mass is 241 g/mol. The molecule has 0 aromatic heterocycles. The highest BCUT2D eigenvalue weighted by molar-refractivity contribution is 6.34. The largest absolute Gasteiger partial charge is 0.316 e. The van der Waals surface area contributed by atoms with Crippen LogP contribution in [0.25, 0.3) is 6.08 Å². The van der Waals surface area contributed by atoms with Crippen LogP contribution >= 0.6 is 23.2 Å². The summed E-state index contributed by atoms with van der Waals surface area (Å²) in [5, 5.41) is 4.83. The van der Waals surface area contributed by atoms with Crippen molar-refractivity contribution < 1.29 is 0 Å². The molecule has 0 radical (unpaired) electrons. The number of hydrogen-bond donors (Lipinski definition) is 1. The summed E-state index contributed by atoms with van der Waals surface area (Å²) in [6.07, 6.45) is 4.36. The van der Waals surface area contributed by atoms with E-state index in [1.165, 1.54) is 5.57 Å². The zero-order valence-corrected chi connectivity index (χ0v) is 9.91. The molecule has 0 bridgehead atoms. The molecule has 0 saturated carbocycles. The van der Waals surface area contributed by atoms with Gasteiger partial charge in [0.1, 0.15) is 0 Å². The molecule has 0 spiro atoms. The quantitative estimate of drug-likeness (QED) is 0.790. The number of nitrogens with one attached hydrogen (secondary N) is 1. The van der Waals surface area contributed by atoms with Crippen molar-refractivity contribution in [3.63, 3.8) is 0 Å². The third-order valence-corrected chi connectivity index (χ3v) is 3.14. The van der Waals surface area contributed by atoms with Gasteiger partial charge < -0.3 is 5.32 Å². The summed E-state index contributed by atoms with van der Waals surface area (Å²) in [7, 11) is 0. The zero-order chi connectivity index (χ0) is 10.7. The summed E-state index contributed by atoms with van der Waals surface area (Å²) in [4.78, 5) is 0. The van der Waals surface area contributed by atoms with E-state index in [1.807, 2.05) is 18.2 Å². The van der Waals surface area contributed by atoms with Crippen molar-refractivity contribution >= 4 is 29.3 Å². The SMILES string of the molecule is Clc1ccc(Cl)c(C=C2CCNCC2)c1. The van der Waals surface area contributed by atoms with Crippen LogP contribution in [0.2, 0.25) is 10.0 Å². The number of hydrogen-bond acceptors (Lipinski definition) is 1. The van der Waals surface area contributed by atoms with Gasteiger partial charge in [0.15, 0.2) is 0 Å². The van der Waals surface area contributed by atoms with Gasteiger partial charge in [-0.3, -0.25) is 0 Å². The summed E-state index contributed by atoms with van der Waals surface area (Å²) >= 11 is 12.0. The molecule has 1 aliphatic heterocycles. The Labute approximate surface area is 100 Å². The Balaban J connectivity index is 2.25. The molecule has 1 nitrogen and oxygen atoms in total. The predicted octanol–water partition coefficient (Wildman–Crippen LogP) is 3.76. The van der Waals surface area contributed by atoms with Gasteiger partial charge in [-0.2, -0.15) is 0 Å². The minimum absolute atomic E-state index is 0.736. The molecule has 1 aromatic carbocycles. The molecule has 0 atom stereocenters. The third kappa shape index (κ3) is 2.97. The van der Waals surface area contributed by atoms with E-state index in [9.17, 15) is 0 Å². The van der Waals surface area contributed by atoms with Crippen LogP contribution in [0.4, 0.5) is 0 Å². The van der Waals surface area contributed by atoms with E-state index < -0.39 is 0 Å². The maximum Gasteiger partial charge on any atom is 0.0479 e. The molecule has 0 unspecified atom stereocenters. The van der Waals surface area contributed by atoms with Crippen molar-refractivity contribution in [2.75, 3.05) is 13.1 Å². The molecule has 3 heteroatoms. The Bertz CT molecular complexity index is 377. The average molecular weight is 242 g/mol. The highest BCUT2D eigenvalue weighted by Gasteiger charge is 2.06. The first-order valence-corrected chi connectivity index (χ1v) is 5.86. The van der Waals surface area contributed by atoms with E-state index in [0.717, 1.165) is 41.5 Å². The molecule has 80 valence electrons. The van der Waals surface area contributed by atoms with Crippen molar-refractivity contribution in [2.45, 2.75) is 12.8 Å². The van der Waals surface area contributed by atoms with Gasteiger partial charge in [0.05, 0.1) is 0 Å². The third-order valence-electron chi connectivity index (χ3n) is 2.56. The van der Waals surface area contributed by atoms with Crippen LogP contribution in [0.5, 0.6) is 0 Å². The molecular weight excluding hydrogens is 229 g/mol. The van der Waals surface area contributed by atoms with Gasteiger partial charge in [0.2, 0.25) is 0 Å². The fourth-order valence-electron chi connectivity index (χ4n) is 1.74. The number of halogens is 2. The molecule has 1 fully saturated rings. The van der Waals surface area contributed by atoms with Gasteiger partial charge in [0, 0.05) is 10.0 Å². The lowest BCUT2D eigenvalue weighted by molar-refractivity contribution is 0.613. The molecule has 15 heavy (non-hydrogen) atoms. The second-order valence-electron chi connectivity index (χ2n) is 3.72. The summed E-state index contributed by atoms with van der Waals surface area (Å²) in [6, 6.07) is 5.57. The maximum absolute atomic E-state index is 6.10. The van der Waals surface area contributed by atoms with E-state index in [2.05, 4.69) is 11.4 Å². The first-order chi connectivity index (χ1) is 7.25. The molecule has 0 amide bonds. The number of benzene rings is 1. The molecule has 1 N–H and O–H groups in total. The summed E-state index contributed by atoms with van der Waals surface area (Å²) in [5.41, 5.74) is 2.47. The Hall–Kier alpha value is -0.500. The van der Waals surface area contributed by atoms with Crippen molar-refractivity contribution in [3.8, 4) is 0 Å². The Morgan fingerprint density at radius 1 is 1.13 bits per heavy atom. The second-order valence-corrected chi connectivity index (χ2v) is 4.56. The van der Waals surface area contributed by atoms with E-state index in [-0.39, 0.29) is 0 Å². The fraction of sp³-hybridized carbons (Fsp3) is 0.333. The molecule has 1 aromatic rings. The van der Waals surface area contributed by atoms with Crippen LogP contribution in [-0.2, 0) is 0 Å². The maximum atomic E-state index is 6.10. The van der Waals surface area contributed by atoms with Crippen LogP contribution in [0, 0.1) is 0 Å². The Kier molecular flexibility index (Phi) is 3.68. The minimum Gasteiger partial charge on any atom is -0.316 e. The van der Waals surface area contributed by atoms with E-state index >= 15 is 0 Å². The highest BCUT2D eigenvalue weighted by atomic mass is 35.5. The smallest absolute Gasteiger partial charge is 0.0479 e. The van der Waals surface area contributed by atoms with Crippen molar-refractivity contribution in [3.05, 3.63) is 39.4 Å². The van der Waals surface area contributed by atoms with Gasteiger partial charge in [-0.1, -0.05) is 34.9 Å². The van der Waals surface area contributed by atoms with Gasteiger partial charge in [-0.15, -0.1) is 0 Å². The number of rotatable bonds is 1. The van der Waals surface area contributed by atoms with Gasteiger partial charge >= 0.3 is 0 Å². The van der Waals surface area contributed by atoms with Crippen LogP contribution < -0.4 is 5.32 Å². The zero-order valence-electron chi connectivity index (χ0n) is 8.39. The minimum atomic E-state index is 0.736. The Morgan fingerprint density at radius 3 is 2.60 bits per heavy atom. The highest BCUT2D eigenvalue weighted by Crippen LogP contribution is 2.24. The van der Waals surface area contributed by atoms with Crippen LogP contribution in [0.1, 0.15) is 18.4 Å². The lowest BCUT2D eigenvalue weighted by Gasteiger charge is -2.15. The van der Waals surface area contributed by atoms with Crippen LogP contribution in [0.3, 0.4) is 0 Å². The summed E-state index contributed by atoms with van der Waals surface area (Å²) < 4.78 is 0. The van der Waals surface area contributed by atoms with Crippen molar-refractivity contribution in [2.24, 2.45) is 0 Å². The van der Waals surface area contributed by atoms with Crippen LogP contribution in [-0.4, -0.2) is 13.1 Å². The molecule has 0 aliphatic carbocycles. The average Bonchev–Trinajstić information content (AvgIpc) is 2.25. The first-order valence-electron chi connectivity index (χ1n) is 5.11. The molecule has 1 saturated heterocycles. The van der Waals surface area contributed by atoms with Crippen molar-refractivity contribution in [1.29, 1.82) is 0 Å². The van der Waals surface area contributed by atoms with Gasteiger partial charge in [-0.05, 0) is 49.7 Å². The van der Waals surface area contributed by atoms with Gasteiger partial charge in [0.25, 0.3) is 0 Å². The molecule has 2 rings (SSSR count). The first kappa shape index (κ1) is 11.0. The van der Waals surface area contributed by atoms with E-state index in [4.69, 9.17) is 23.2 Å². The lowest BCUT2D eigenvalue weighted by atomic mass is 10.0.